The van der Waals surface area contributed by atoms with Crippen molar-refractivity contribution in [3.63, 3.8) is 0 Å². The minimum absolute atomic E-state index is 0.561. The van der Waals surface area contributed by atoms with Crippen molar-refractivity contribution in [3.8, 4) is 0 Å². The summed E-state index contributed by atoms with van der Waals surface area (Å²) in [6.07, 6.45) is 3.87. The van der Waals surface area contributed by atoms with Gasteiger partial charge in [-0.25, -0.2) is 0 Å². The summed E-state index contributed by atoms with van der Waals surface area (Å²) in [5, 5.41) is 0. The average Bonchev–Trinajstić information content (AvgIpc) is 2.18. The highest BCUT2D eigenvalue weighted by Crippen LogP contribution is 2.23. The second kappa shape index (κ2) is 3.09. The van der Waals surface area contributed by atoms with Gasteiger partial charge in [0.2, 0.25) is 0 Å². The first-order valence-corrected chi connectivity index (χ1v) is 4.43. The van der Waals surface area contributed by atoms with Crippen molar-refractivity contribution >= 4 is 11.8 Å². The lowest BCUT2D eigenvalue weighted by Gasteiger charge is -2.09. The maximum Gasteiger partial charge on any atom is 0.329 e. The van der Waals surface area contributed by atoms with E-state index in [0.717, 1.165) is 16.7 Å². The molecule has 14 heavy (non-hydrogen) atoms. The van der Waals surface area contributed by atoms with Crippen LogP contribution in [0.15, 0.2) is 36.4 Å². The van der Waals surface area contributed by atoms with Crippen LogP contribution in [0.1, 0.15) is 16.7 Å². The molecule has 1 aliphatic carbocycles. The van der Waals surface area contributed by atoms with Crippen molar-refractivity contribution in [2.45, 2.75) is 6.92 Å². The fraction of sp³-hybridized carbons (Fsp3) is 0.0833. The number of aryl methyl sites for hydroxylation is 1. The van der Waals surface area contributed by atoms with Gasteiger partial charge in [-0.15, -0.1) is 0 Å². The number of hydrogen-bond acceptors (Lipinski definition) is 0. The van der Waals surface area contributed by atoms with Crippen LogP contribution < -0.4 is 0 Å². The predicted molar refractivity (Wildman–Crippen MR) is 57.1 cm³/mol. The fourth-order valence-corrected chi connectivity index (χ4v) is 1.66. The van der Waals surface area contributed by atoms with Crippen LogP contribution in [0, 0.1) is 6.92 Å². The first-order valence-electron chi connectivity index (χ1n) is 4.43. The number of hydrogen-bond donors (Lipinski definition) is 0. The number of rotatable bonds is 0. The van der Waals surface area contributed by atoms with E-state index in [1.165, 1.54) is 5.56 Å². The quantitative estimate of drug-likeness (QED) is 0.437. The molecule has 1 aromatic carbocycles. The van der Waals surface area contributed by atoms with Crippen molar-refractivity contribution < 1.29 is 4.79 Å². The molecule has 0 saturated heterocycles. The normalized spacial score (nSPS) is 13.8. The Labute approximate surface area is 82.8 Å². The van der Waals surface area contributed by atoms with Gasteiger partial charge in [-0.05, 0) is 30.2 Å². The maximum absolute atomic E-state index is 8.89. The summed E-state index contributed by atoms with van der Waals surface area (Å²) < 4.78 is 0. The van der Waals surface area contributed by atoms with Crippen LogP contribution in [-0.4, -0.2) is 10.5 Å². The Morgan fingerprint density at radius 3 is 2.79 bits per heavy atom. The second-order valence-electron chi connectivity index (χ2n) is 3.34. The molecule has 0 fully saturated rings. The van der Waals surface area contributed by atoms with Crippen LogP contribution in [0.3, 0.4) is 0 Å². The SMILES string of the molecule is C=C1C=Cc2c(C)cccc2C1=[N+]=[N-]. The molecular weight excluding hydrogens is 172 g/mol. The van der Waals surface area contributed by atoms with Crippen LogP contribution in [0.4, 0.5) is 0 Å². The highest BCUT2D eigenvalue weighted by atomic mass is 14.9. The lowest BCUT2D eigenvalue weighted by atomic mass is 9.90. The number of benzene rings is 1. The summed E-state index contributed by atoms with van der Waals surface area (Å²) in [6, 6.07) is 5.92. The van der Waals surface area contributed by atoms with Crippen molar-refractivity contribution in [1.29, 1.82) is 0 Å². The zero-order valence-electron chi connectivity index (χ0n) is 7.99. The van der Waals surface area contributed by atoms with Crippen molar-refractivity contribution in [2.24, 2.45) is 0 Å². The molecule has 0 saturated carbocycles. The average molecular weight is 182 g/mol. The molecule has 0 spiro atoms. The molecule has 0 unspecified atom stereocenters. The molecule has 1 aromatic rings. The molecule has 0 atom stereocenters. The molecule has 0 aliphatic heterocycles. The summed E-state index contributed by atoms with van der Waals surface area (Å²) in [5.74, 6) is 0. The fourth-order valence-electron chi connectivity index (χ4n) is 1.66. The molecule has 1 aliphatic rings. The predicted octanol–water partition coefficient (Wildman–Crippen LogP) is 2.60. The summed E-state index contributed by atoms with van der Waals surface area (Å²) in [5.41, 5.74) is 13.4. The molecule has 0 aromatic heterocycles. The van der Waals surface area contributed by atoms with Crippen molar-refractivity contribution in [1.82, 2.24) is 0 Å². The summed E-state index contributed by atoms with van der Waals surface area (Å²) >= 11 is 0. The van der Waals surface area contributed by atoms with Gasteiger partial charge in [0.1, 0.15) is 0 Å². The van der Waals surface area contributed by atoms with E-state index in [4.69, 9.17) is 5.53 Å². The Balaban J connectivity index is 2.79. The largest absolute Gasteiger partial charge is 0.361 e. The highest BCUT2D eigenvalue weighted by molar-refractivity contribution is 6.15. The lowest BCUT2D eigenvalue weighted by molar-refractivity contribution is -0.00289. The van der Waals surface area contributed by atoms with E-state index < -0.39 is 0 Å². The third-order valence-corrected chi connectivity index (χ3v) is 2.43. The van der Waals surface area contributed by atoms with Gasteiger partial charge in [0, 0.05) is 0 Å². The molecule has 0 heterocycles. The molecule has 68 valence electrons. The van der Waals surface area contributed by atoms with E-state index in [9.17, 15) is 0 Å². The molecule has 2 heteroatoms. The van der Waals surface area contributed by atoms with E-state index >= 15 is 0 Å². The second-order valence-corrected chi connectivity index (χ2v) is 3.34. The van der Waals surface area contributed by atoms with Gasteiger partial charge in [-0.3, -0.25) is 0 Å². The van der Waals surface area contributed by atoms with Crippen LogP contribution >= 0.6 is 0 Å². The van der Waals surface area contributed by atoms with Crippen LogP contribution in [-0.2, 0) is 0 Å². The van der Waals surface area contributed by atoms with Gasteiger partial charge >= 0.3 is 5.71 Å². The first kappa shape index (κ1) is 8.67. The molecule has 0 N–H and O–H groups in total. The van der Waals surface area contributed by atoms with E-state index in [-0.39, 0.29) is 0 Å². The van der Waals surface area contributed by atoms with Crippen molar-refractivity contribution in [2.75, 3.05) is 0 Å². The standard InChI is InChI=1S/C12H10N2/c1-8-4-3-5-11-10(8)7-6-9(2)12(11)14-13/h3-7H,2H2,1H3. The molecule has 0 bridgehead atoms. The Hall–Kier alpha value is -1.92. The zero-order chi connectivity index (χ0) is 10.1. The molecule has 0 amide bonds. The number of nitrogens with zero attached hydrogens (tertiary/aromatic N) is 2. The van der Waals surface area contributed by atoms with E-state index in [1.807, 2.05) is 37.3 Å². The van der Waals surface area contributed by atoms with Gasteiger partial charge in [0.25, 0.3) is 0 Å². The number of fused-ring (bicyclic) bond motifs is 1. The van der Waals surface area contributed by atoms with Crippen LogP contribution in [0.2, 0.25) is 0 Å². The van der Waals surface area contributed by atoms with E-state index in [2.05, 4.69) is 11.4 Å². The maximum atomic E-state index is 8.89. The van der Waals surface area contributed by atoms with Gasteiger partial charge in [-0.1, -0.05) is 24.8 Å². The summed E-state index contributed by atoms with van der Waals surface area (Å²) in [4.78, 5) is 3.28. The first-order chi connectivity index (χ1) is 6.74. The third-order valence-electron chi connectivity index (χ3n) is 2.43. The Bertz CT molecular complexity index is 489. The van der Waals surface area contributed by atoms with Gasteiger partial charge in [0.15, 0.2) is 0 Å². The summed E-state index contributed by atoms with van der Waals surface area (Å²) in [7, 11) is 0. The molecule has 0 radical (unpaired) electrons. The molecule has 2 rings (SSSR count). The van der Waals surface area contributed by atoms with Crippen LogP contribution in [0.5, 0.6) is 0 Å². The monoisotopic (exact) mass is 182 g/mol. The topological polar surface area (TPSA) is 36.4 Å². The molecule has 2 nitrogen and oxygen atoms in total. The minimum Gasteiger partial charge on any atom is -0.361 e. The van der Waals surface area contributed by atoms with E-state index in [0.29, 0.717) is 5.71 Å². The van der Waals surface area contributed by atoms with Gasteiger partial charge in [-0.2, -0.15) is 4.79 Å². The Kier molecular flexibility index (Phi) is 1.91. The lowest BCUT2D eigenvalue weighted by Crippen LogP contribution is -2.10. The minimum atomic E-state index is 0.561. The molecular formula is C12H10N2. The Morgan fingerprint density at radius 2 is 2.07 bits per heavy atom. The smallest absolute Gasteiger partial charge is 0.329 e. The Morgan fingerprint density at radius 1 is 1.29 bits per heavy atom. The third kappa shape index (κ3) is 1.13. The van der Waals surface area contributed by atoms with Gasteiger partial charge < -0.3 is 5.53 Å². The van der Waals surface area contributed by atoms with E-state index in [1.54, 1.807) is 0 Å². The number of allylic oxidation sites excluding steroid dienone is 2. The van der Waals surface area contributed by atoms with Crippen molar-refractivity contribution in [3.05, 3.63) is 58.6 Å². The van der Waals surface area contributed by atoms with Crippen LogP contribution in [0.25, 0.3) is 11.6 Å². The summed E-state index contributed by atoms with van der Waals surface area (Å²) in [6.45, 7) is 5.85. The zero-order valence-corrected chi connectivity index (χ0v) is 7.99. The highest BCUT2D eigenvalue weighted by Gasteiger charge is 2.21. The van der Waals surface area contributed by atoms with Gasteiger partial charge in [0.05, 0.1) is 11.1 Å².